The number of amides is 1. The van der Waals surface area contributed by atoms with Crippen molar-refractivity contribution in [1.82, 2.24) is 19.9 Å². The van der Waals surface area contributed by atoms with Gasteiger partial charge in [0.05, 0.1) is 28.9 Å². The zero-order chi connectivity index (χ0) is 27.1. The van der Waals surface area contributed by atoms with Crippen molar-refractivity contribution in [3.05, 3.63) is 59.0 Å². The van der Waals surface area contributed by atoms with Gasteiger partial charge in [0.25, 0.3) is 6.43 Å². The molecule has 1 atom stereocenters. The third kappa shape index (κ3) is 4.28. The van der Waals surface area contributed by atoms with Crippen LogP contribution in [0.4, 0.5) is 28.2 Å². The number of hydrogen-bond acceptors (Lipinski definition) is 6. The molecule has 1 fully saturated rings. The van der Waals surface area contributed by atoms with Gasteiger partial charge in [0.15, 0.2) is 11.6 Å². The molecule has 1 saturated heterocycles. The SMILES string of the molecule is N#CC[C@H]1CN(c2nc(C(F)F)nc3c(F)c(-c4cccc5ccc(F)c(Cl)c45)ncc23)CCN1C(=O)O. The van der Waals surface area contributed by atoms with Crippen molar-refractivity contribution in [2.45, 2.75) is 18.9 Å². The molecule has 1 N–H and O–H groups in total. The summed E-state index contributed by atoms with van der Waals surface area (Å²) in [6.07, 6.45) is -3.26. The quantitative estimate of drug-likeness (QED) is 0.324. The van der Waals surface area contributed by atoms with Crippen molar-refractivity contribution in [3.63, 3.8) is 0 Å². The summed E-state index contributed by atoms with van der Waals surface area (Å²) in [5.74, 6) is -2.73. The number of hydrogen-bond donors (Lipinski definition) is 1. The highest BCUT2D eigenvalue weighted by molar-refractivity contribution is 6.36. The summed E-state index contributed by atoms with van der Waals surface area (Å²) in [6, 6.07) is 8.57. The number of nitriles is 1. The van der Waals surface area contributed by atoms with E-state index >= 15 is 4.39 Å². The van der Waals surface area contributed by atoms with Crippen molar-refractivity contribution in [3.8, 4) is 17.3 Å². The Kier molecular flexibility index (Phi) is 6.62. The lowest BCUT2D eigenvalue weighted by molar-refractivity contribution is 0.119. The van der Waals surface area contributed by atoms with Crippen LogP contribution in [-0.4, -0.2) is 56.7 Å². The Morgan fingerprint density at radius 1 is 1.21 bits per heavy atom. The second kappa shape index (κ2) is 9.90. The summed E-state index contributed by atoms with van der Waals surface area (Å²) < 4.78 is 57.8. The standard InChI is InChI=1S/C25H17ClF4N6O2/c26-18-16(27)5-4-12-2-1-3-14(17(12)18)20-19(28)21-15(10-32-20)24(34-23(33-21)22(29)30)35-8-9-36(25(37)38)13(11-35)6-7-31/h1-5,10,13,22H,6,8-9,11H2,(H,37,38)/t13-/m0/s1. The molecule has 194 valence electrons. The molecule has 0 spiro atoms. The molecule has 5 rings (SSSR count). The van der Waals surface area contributed by atoms with E-state index in [1.807, 2.05) is 6.07 Å². The second-order valence-electron chi connectivity index (χ2n) is 8.59. The van der Waals surface area contributed by atoms with E-state index in [9.17, 15) is 23.1 Å². The molecule has 1 amide bonds. The van der Waals surface area contributed by atoms with Crippen LogP contribution in [-0.2, 0) is 0 Å². The van der Waals surface area contributed by atoms with E-state index in [4.69, 9.17) is 16.9 Å². The summed E-state index contributed by atoms with van der Waals surface area (Å²) >= 11 is 6.19. The van der Waals surface area contributed by atoms with Crippen LogP contribution in [0.2, 0.25) is 5.02 Å². The summed E-state index contributed by atoms with van der Waals surface area (Å²) in [6.45, 7) is 0.00603. The summed E-state index contributed by atoms with van der Waals surface area (Å²) in [5, 5.41) is 19.1. The molecule has 0 saturated carbocycles. The van der Waals surface area contributed by atoms with E-state index in [1.54, 1.807) is 12.1 Å². The number of carboxylic acid groups (broad SMARTS) is 1. The van der Waals surface area contributed by atoms with Gasteiger partial charge in [0.2, 0.25) is 0 Å². The van der Waals surface area contributed by atoms with Crippen molar-refractivity contribution in [1.29, 1.82) is 5.26 Å². The molecule has 0 unspecified atom stereocenters. The molecule has 3 heterocycles. The minimum atomic E-state index is -3.13. The van der Waals surface area contributed by atoms with E-state index in [0.717, 1.165) is 4.90 Å². The number of pyridine rings is 1. The van der Waals surface area contributed by atoms with Crippen LogP contribution >= 0.6 is 11.6 Å². The molecule has 2 aromatic heterocycles. The van der Waals surface area contributed by atoms with E-state index in [0.29, 0.717) is 5.39 Å². The number of carbonyl (C=O) groups is 1. The molecule has 0 aliphatic carbocycles. The van der Waals surface area contributed by atoms with Gasteiger partial charge >= 0.3 is 6.09 Å². The number of rotatable bonds is 4. The summed E-state index contributed by atoms with van der Waals surface area (Å²) in [4.78, 5) is 26.1. The number of aromatic nitrogens is 3. The highest BCUT2D eigenvalue weighted by Gasteiger charge is 2.33. The van der Waals surface area contributed by atoms with Crippen LogP contribution in [0.15, 0.2) is 36.5 Å². The number of fused-ring (bicyclic) bond motifs is 2. The number of piperazine rings is 1. The van der Waals surface area contributed by atoms with Crippen molar-refractivity contribution >= 4 is 45.2 Å². The predicted molar refractivity (Wildman–Crippen MR) is 131 cm³/mol. The molecule has 0 bridgehead atoms. The highest BCUT2D eigenvalue weighted by atomic mass is 35.5. The lowest BCUT2D eigenvalue weighted by Crippen LogP contribution is -2.55. The lowest BCUT2D eigenvalue weighted by atomic mass is 10.0. The number of anilines is 1. The minimum absolute atomic E-state index is 0.0210. The maximum Gasteiger partial charge on any atom is 0.407 e. The molecule has 13 heteroatoms. The summed E-state index contributed by atoms with van der Waals surface area (Å²) in [5.41, 5.74) is -0.551. The van der Waals surface area contributed by atoms with Crippen LogP contribution in [0.5, 0.6) is 0 Å². The Labute approximate surface area is 217 Å². The normalized spacial score (nSPS) is 15.9. The molecule has 8 nitrogen and oxygen atoms in total. The average Bonchev–Trinajstić information content (AvgIpc) is 2.90. The van der Waals surface area contributed by atoms with Gasteiger partial charge in [0.1, 0.15) is 22.8 Å². The lowest BCUT2D eigenvalue weighted by Gasteiger charge is -2.39. The first kappa shape index (κ1) is 25.4. The third-order valence-corrected chi connectivity index (χ3v) is 6.79. The Morgan fingerprint density at radius 3 is 2.71 bits per heavy atom. The number of alkyl halides is 2. The number of halogens is 5. The van der Waals surface area contributed by atoms with Gasteiger partial charge in [-0.25, -0.2) is 32.3 Å². The fraction of sp³-hybridized carbons (Fsp3) is 0.240. The average molecular weight is 545 g/mol. The van der Waals surface area contributed by atoms with Gasteiger partial charge in [0, 0.05) is 36.8 Å². The maximum atomic E-state index is 16.0. The van der Waals surface area contributed by atoms with Gasteiger partial charge in [-0.3, -0.25) is 4.98 Å². The molecular formula is C25H17ClF4N6O2. The van der Waals surface area contributed by atoms with E-state index in [1.165, 1.54) is 29.3 Å². The Hall–Kier alpha value is -4.24. The zero-order valence-corrected chi connectivity index (χ0v) is 20.1. The fourth-order valence-corrected chi connectivity index (χ4v) is 4.95. The zero-order valence-electron chi connectivity index (χ0n) is 19.4. The number of benzene rings is 2. The first-order valence-electron chi connectivity index (χ1n) is 11.3. The monoisotopic (exact) mass is 544 g/mol. The van der Waals surface area contributed by atoms with Gasteiger partial charge in [-0.2, -0.15) is 5.26 Å². The van der Waals surface area contributed by atoms with Crippen LogP contribution in [0.1, 0.15) is 18.7 Å². The molecule has 2 aromatic carbocycles. The van der Waals surface area contributed by atoms with E-state index < -0.39 is 41.5 Å². The minimum Gasteiger partial charge on any atom is -0.465 e. The summed E-state index contributed by atoms with van der Waals surface area (Å²) in [7, 11) is 0. The Bertz CT molecular complexity index is 1630. The van der Waals surface area contributed by atoms with Gasteiger partial charge in [-0.15, -0.1) is 0 Å². The van der Waals surface area contributed by atoms with E-state index in [-0.39, 0.29) is 58.9 Å². The van der Waals surface area contributed by atoms with Crippen LogP contribution in [0, 0.1) is 23.0 Å². The Morgan fingerprint density at radius 2 is 2.00 bits per heavy atom. The molecule has 1 aliphatic heterocycles. The topological polar surface area (TPSA) is 106 Å². The fourth-order valence-electron chi connectivity index (χ4n) is 4.67. The van der Waals surface area contributed by atoms with Crippen molar-refractivity contribution in [2.24, 2.45) is 0 Å². The van der Waals surface area contributed by atoms with Crippen molar-refractivity contribution < 1.29 is 27.5 Å². The van der Waals surface area contributed by atoms with Crippen molar-refractivity contribution in [2.75, 3.05) is 24.5 Å². The maximum absolute atomic E-state index is 16.0. The van der Waals surface area contributed by atoms with E-state index in [2.05, 4.69) is 15.0 Å². The smallest absolute Gasteiger partial charge is 0.407 e. The molecule has 38 heavy (non-hydrogen) atoms. The van der Waals surface area contributed by atoms with Gasteiger partial charge < -0.3 is 14.9 Å². The van der Waals surface area contributed by atoms with Gasteiger partial charge in [-0.1, -0.05) is 35.9 Å². The molecule has 0 radical (unpaired) electrons. The first-order valence-corrected chi connectivity index (χ1v) is 11.7. The molecule has 4 aromatic rings. The van der Waals surface area contributed by atoms with Crippen LogP contribution in [0.3, 0.4) is 0 Å². The highest BCUT2D eigenvalue weighted by Crippen LogP contribution is 2.38. The molecular weight excluding hydrogens is 528 g/mol. The molecule has 1 aliphatic rings. The van der Waals surface area contributed by atoms with Gasteiger partial charge in [-0.05, 0) is 11.5 Å². The van der Waals surface area contributed by atoms with Crippen LogP contribution < -0.4 is 4.90 Å². The Balaban J connectivity index is 1.69. The largest absolute Gasteiger partial charge is 0.465 e. The number of nitrogens with zero attached hydrogens (tertiary/aromatic N) is 6. The predicted octanol–water partition coefficient (Wildman–Crippen LogP) is 5.80. The second-order valence-corrected chi connectivity index (χ2v) is 8.97. The third-order valence-electron chi connectivity index (χ3n) is 6.42. The first-order chi connectivity index (χ1) is 18.2. The van der Waals surface area contributed by atoms with Crippen LogP contribution in [0.25, 0.3) is 32.9 Å².